The first-order chi connectivity index (χ1) is 14.6. The molecule has 3 aromatic carbocycles. The number of aryl methyl sites for hydroxylation is 1. The smallest absolute Gasteiger partial charge is 0.276 e. The van der Waals surface area contributed by atoms with Crippen LogP contribution in [0.5, 0.6) is 11.5 Å². The van der Waals surface area contributed by atoms with Crippen LogP contribution >= 0.6 is 0 Å². The van der Waals surface area contributed by atoms with Crippen LogP contribution in [0, 0.1) is 6.92 Å². The number of carbonyl (C=O) groups is 1. The molecule has 0 bridgehead atoms. The van der Waals surface area contributed by atoms with Crippen LogP contribution in [-0.2, 0) is 0 Å². The third-order valence-corrected chi connectivity index (χ3v) is 4.42. The van der Waals surface area contributed by atoms with E-state index in [1.165, 1.54) is 16.8 Å². The molecule has 1 heterocycles. The second-order valence-corrected chi connectivity index (χ2v) is 6.67. The normalized spacial score (nSPS) is 10.4. The van der Waals surface area contributed by atoms with Crippen LogP contribution in [0.15, 0.2) is 95.8 Å². The maximum atomic E-state index is 12.8. The highest BCUT2D eigenvalue weighted by Gasteiger charge is 2.14. The van der Waals surface area contributed by atoms with E-state index in [-0.39, 0.29) is 11.3 Å². The van der Waals surface area contributed by atoms with Gasteiger partial charge in [-0.2, -0.15) is 9.78 Å². The lowest BCUT2D eigenvalue weighted by Crippen LogP contribution is -2.24. The van der Waals surface area contributed by atoms with Crippen molar-refractivity contribution >= 4 is 11.6 Å². The Kier molecular flexibility index (Phi) is 5.39. The van der Waals surface area contributed by atoms with Crippen molar-refractivity contribution in [3.05, 3.63) is 113 Å². The highest BCUT2D eigenvalue weighted by Crippen LogP contribution is 2.29. The Morgan fingerprint density at radius 2 is 1.57 bits per heavy atom. The summed E-state index contributed by atoms with van der Waals surface area (Å²) in [5, 5.41) is 7.03. The standard InChI is InChI=1S/C24H19N3O3/c1-17-11-13-19(14-12-17)30-22-10-6-5-9-20(22)25-24(29)21-15-16-23(28)27(26-21)18-7-3-2-4-8-18/h2-16H,1H3,(H,25,29). The van der Waals surface area contributed by atoms with Gasteiger partial charge in [-0.05, 0) is 49.4 Å². The molecule has 1 amide bonds. The Morgan fingerprint density at radius 3 is 2.33 bits per heavy atom. The van der Waals surface area contributed by atoms with E-state index in [4.69, 9.17) is 4.74 Å². The lowest BCUT2D eigenvalue weighted by molar-refractivity contribution is 0.102. The number of benzene rings is 3. The highest BCUT2D eigenvalue weighted by atomic mass is 16.5. The summed E-state index contributed by atoms with van der Waals surface area (Å²) in [7, 11) is 0. The van der Waals surface area contributed by atoms with E-state index < -0.39 is 5.91 Å². The van der Waals surface area contributed by atoms with Gasteiger partial charge in [-0.3, -0.25) is 9.59 Å². The van der Waals surface area contributed by atoms with Crippen molar-refractivity contribution in [3.8, 4) is 17.2 Å². The van der Waals surface area contributed by atoms with Crippen LogP contribution in [0.2, 0.25) is 0 Å². The van der Waals surface area contributed by atoms with Gasteiger partial charge in [-0.1, -0.05) is 48.0 Å². The lowest BCUT2D eigenvalue weighted by atomic mass is 10.2. The molecule has 6 heteroatoms. The van der Waals surface area contributed by atoms with E-state index in [0.29, 0.717) is 22.9 Å². The average molecular weight is 397 g/mol. The minimum Gasteiger partial charge on any atom is -0.455 e. The number of hydrogen-bond acceptors (Lipinski definition) is 4. The first kappa shape index (κ1) is 19.1. The van der Waals surface area contributed by atoms with E-state index >= 15 is 0 Å². The minimum atomic E-state index is -0.445. The Labute approximate surface area is 173 Å². The number of carbonyl (C=O) groups excluding carboxylic acids is 1. The zero-order valence-electron chi connectivity index (χ0n) is 16.3. The van der Waals surface area contributed by atoms with Gasteiger partial charge in [0.15, 0.2) is 5.75 Å². The molecule has 0 aliphatic carbocycles. The van der Waals surface area contributed by atoms with Crippen molar-refractivity contribution in [1.29, 1.82) is 0 Å². The second kappa shape index (κ2) is 8.45. The zero-order valence-corrected chi connectivity index (χ0v) is 16.3. The van der Waals surface area contributed by atoms with Crippen LogP contribution in [0.4, 0.5) is 5.69 Å². The Hall–Kier alpha value is -4.19. The Bertz CT molecular complexity index is 1230. The summed E-state index contributed by atoms with van der Waals surface area (Å²) in [4.78, 5) is 25.0. The fourth-order valence-electron chi connectivity index (χ4n) is 2.86. The maximum absolute atomic E-state index is 12.8. The molecule has 30 heavy (non-hydrogen) atoms. The topological polar surface area (TPSA) is 73.2 Å². The van der Waals surface area contributed by atoms with E-state index in [0.717, 1.165) is 5.56 Å². The summed E-state index contributed by atoms with van der Waals surface area (Å²) in [5.74, 6) is 0.726. The van der Waals surface area contributed by atoms with Crippen molar-refractivity contribution in [3.63, 3.8) is 0 Å². The molecule has 0 unspecified atom stereocenters. The van der Waals surface area contributed by atoms with Gasteiger partial charge < -0.3 is 10.1 Å². The van der Waals surface area contributed by atoms with Crippen LogP contribution in [0.1, 0.15) is 16.1 Å². The number of nitrogens with zero attached hydrogens (tertiary/aromatic N) is 2. The third kappa shape index (κ3) is 4.28. The molecule has 148 valence electrons. The van der Waals surface area contributed by atoms with Gasteiger partial charge in [0.1, 0.15) is 11.4 Å². The van der Waals surface area contributed by atoms with Crippen molar-refractivity contribution in [2.75, 3.05) is 5.32 Å². The lowest BCUT2D eigenvalue weighted by Gasteiger charge is -2.12. The molecule has 0 spiro atoms. The van der Waals surface area contributed by atoms with Crippen LogP contribution in [0.25, 0.3) is 5.69 Å². The number of amides is 1. The predicted octanol–water partition coefficient (Wildman–Crippen LogP) is 4.59. The largest absolute Gasteiger partial charge is 0.455 e. The van der Waals surface area contributed by atoms with E-state index in [1.807, 2.05) is 43.3 Å². The molecule has 0 aliphatic rings. The molecule has 0 fully saturated rings. The maximum Gasteiger partial charge on any atom is 0.276 e. The quantitative estimate of drug-likeness (QED) is 0.535. The molecule has 1 N–H and O–H groups in total. The van der Waals surface area contributed by atoms with Gasteiger partial charge in [0.2, 0.25) is 0 Å². The Balaban J connectivity index is 1.59. The minimum absolute atomic E-state index is 0.114. The van der Waals surface area contributed by atoms with Gasteiger partial charge in [0, 0.05) is 6.07 Å². The molecule has 4 aromatic rings. The Morgan fingerprint density at radius 1 is 0.867 bits per heavy atom. The van der Waals surface area contributed by atoms with Gasteiger partial charge >= 0.3 is 0 Å². The predicted molar refractivity (Wildman–Crippen MR) is 115 cm³/mol. The number of rotatable bonds is 5. The molecule has 6 nitrogen and oxygen atoms in total. The summed E-state index contributed by atoms with van der Waals surface area (Å²) < 4.78 is 7.12. The first-order valence-electron chi connectivity index (χ1n) is 9.41. The van der Waals surface area contributed by atoms with E-state index in [2.05, 4.69) is 10.4 Å². The third-order valence-electron chi connectivity index (χ3n) is 4.42. The average Bonchev–Trinajstić information content (AvgIpc) is 2.77. The van der Waals surface area contributed by atoms with Crippen LogP contribution < -0.4 is 15.6 Å². The molecule has 0 aliphatic heterocycles. The van der Waals surface area contributed by atoms with Crippen molar-refractivity contribution in [1.82, 2.24) is 9.78 Å². The molecule has 0 radical (unpaired) electrons. The summed E-state index contributed by atoms with van der Waals surface area (Å²) >= 11 is 0. The zero-order chi connectivity index (χ0) is 20.9. The fraction of sp³-hybridized carbons (Fsp3) is 0.0417. The van der Waals surface area contributed by atoms with Crippen LogP contribution in [-0.4, -0.2) is 15.7 Å². The number of hydrogen-bond donors (Lipinski definition) is 1. The second-order valence-electron chi connectivity index (χ2n) is 6.67. The first-order valence-corrected chi connectivity index (χ1v) is 9.41. The number of ether oxygens (including phenoxy) is 1. The number of para-hydroxylation sites is 3. The van der Waals surface area contributed by atoms with Gasteiger partial charge in [0.25, 0.3) is 11.5 Å². The molecule has 0 saturated carbocycles. The van der Waals surface area contributed by atoms with E-state index in [1.54, 1.807) is 42.5 Å². The monoisotopic (exact) mass is 397 g/mol. The summed E-state index contributed by atoms with van der Waals surface area (Å²) in [6.07, 6.45) is 0. The van der Waals surface area contributed by atoms with Gasteiger partial charge in [-0.15, -0.1) is 0 Å². The van der Waals surface area contributed by atoms with Crippen molar-refractivity contribution in [2.24, 2.45) is 0 Å². The highest BCUT2D eigenvalue weighted by molar-refractivity contribution is 6.03. The van der Waals surface area contributed by atoms with Gasteiger partial charge in [0.05, 0.1) is 11.4 Å². The van der Waals surface area contributed by atoms with Crippen molar-refractivity contribution in [2.45, 2.75) is 6.92 Å². The van der Waals surface area contributed by atoms with E-state index in [9.17, 15) is 9.59 Å². The molecule has 1 aromatic heterocycles. The fourth-order valence-corrected chi connectivity index (χ4v) is 2.86. The molecule has 0 saturated heterocycles. The summed E-state index contributed by atoms with van der Waals surface area (Å²) in [6, 6.07) is 26.5. The molecule has 0 atom stereocenters. The van der Waals surface area contributed by atoms with Crippen molar-refractivity contribution < 1.29 is 9.53 Å². The van der Waals surface area contributed by atoms with Crippen LogP contribution in [0.3, 0.4) is 0 Å². The summed E-state index contributed by atoms with van der Waals surface area (Å²) in [5.41, 5.74) is 2.01. The molecular formula is C24H19N3O3. The van der Waals surface area contributed by atoms with Gasteiger partial charge in [-0.25, -0.2) is 0 Å². The SMILES string of the molecule is Cc1ccc(Oc2ccccc2NC(=O)c2ccc(=O)n(-c3ccccc3)n2)cc1. The summed E-state index contributed by atoms with van der Waals surface area (Å²) in [6.45, 7) is 2.00. The molecule has 4 rings (SSSR count). The molecular weight excluding hydrogens is 378 g/mol. The number of aromatic nitrogens is 2. The number of nitrogens with one attached hydrogen (secondary N) is 1. The number of anilines is 1.